The fourth-order valence-corrected chi connectivity index (χ4v) is 0.744. The Morgan fingerprint density at radius 3 is 2.73 bits per heavy atom. The molecule has 0 bridgehead atoms. The first-order chi connectivity index (χ1) is 5.31. The minimum atomic E-state index is -0.371. The molecule has 0 aliphatic rings. The largest absolute Gasteiger partial charge is 0.396 e. The summed E-state index contributed by atoms with van der Waals surface area (Å²) in [6.45, 7) is 4.37. The molecule has 11 heavy (non-hydrogen) atoms. The van der Waals surface area contributed by atoms with Crippen LogP contribution in [-0.2, 0) is 4.74 Å². The molecule has 0 fully saturated rings. The summed E-state index contributed by atoms with van der Waals surface area (Å²) >= 11 is 5.59. The van der Waals surface area contributed by atoms with E-state index >= 15 is 0 Å². The van der Waals surface area contributed by atoms with Crippen molar-refractivity contribution in [1.29, 1.82) is 0 Å². The van der Waals surface area contributed by atoms with Gasteiger partial charge in [0.25, 0.3) is 0 Å². The van der Waals surface area contributed by atoms with Gasteiger partial charge < -0.3 is 9.84 Å². The molecule has 0 radical (unpaired) electrons. The average molecular weight is 179 g/mol. The first kappa shape index (κ1) is 11.0. The molecular formula is C8H15ClO2. The predicted octanol–water partition coefficient (Wildman–Crippen LogP) is 1.92. The quantitative estimate of drug-likeness (QED) is 0.367. The minimum Gasteiger partial charge on any atom is -0.396 e. The SMILES string of the molecule is C=CC(Cl)OCCCCCO. The second-order valence-corrected chi connectivity index (χ2v) is 2.67. The van der Waals surface area contributed by atoms with E-state index in [-0.39, 0.29) is 12.2 Å². The van der Waals surface area contributed by atoms with Crippen LogP contribution in [-0.4, -0.2) is 23.9 Å². The van der Waals surface area contributed by atoms with E-state index in [1.807, 2.05) is 0 Å². The van der Waals surface area contributed by atoms with Crippen LogP contribution in [0.4, 0.5) is 0 Å². The average Bonchev–Trinajstić information content (AvgIpc) is 2.04. The first-order valence-corrected chi connectivity index (χ1v) is 4.24. The van der Waals surface area contributed by atoms with Crippen LogP contribution < -0.4 is 0 Å². The zero-order chi connectivity index (χ0) is 8.53. The number of ether oxygens (including phenoxy) is 1. The maximum Gasteiger partial charge on any atom is 0.149 e. The number of aliphatic hydroxyl groups excluding tert-OH is 1. The third-order valence-electron chi connectivity index (χ3n) is 1.26. The lowest BCUT2D eigenvalue weighted by Crippen LogP contribution is -2.02. The Hall–Kier alpha value is -0.0500. The van der Waals surface area contributed by atoms with Crippen LogP contribution in [0.25, 0.3) is 0 Å². The van der Waals surface area contributed by atoms with Crippen LogP contribution >= 0.6 is 11.6 Å². The Bertz CT molecular complexity index is 96.1. The first-order valence-electron chi connectivity index (χ1n) is 3.80. The van der Waals surface area contributed by atoms with Gasteiger partial charge in [0.2, 0.25) is 0 Å². The molecule has 3 heteroatoms. The Morgan fingerprint density at radius 1 is 1.45 bits per heavy atom. The van der Waals surface area contributed by atoms with Gasteiger partial charge in [-0.2, -0.15) is 0 Å². The summed E-state index contributed by atoms with van der Waals surface area (Å²) in [6, 6.07) is 0. The third-order valence-corrected chi connectivity index (χ3v) is 1.57. The number of halogens is 1. The topological polar surface area (TPSA) is 29.5 Å². The highest BCUT2D eigenvalue weighted by Crippen LogP contribution is 2.01. The smallest absolute Gasteiger partial charge is 0.149 e. The van der Waals surface area contributed by atoms with Crippen molar-refractivity contribution in [2.24, 2.45) is 0 Å². The molecule has 0 aromatic heterocycles. The van der Waals surface area contributed by atoms with Crippen molar-refractivity contribution in [3.8, 4) is 0 Å². The lowest BCUT2D eigenvalue weighted by atomic mass is 10.2. The molecule has 1 unspecified atom stereocenters. The highest BCUT2D eigenvalue weighted by molar-refractivity contribution is 6.20. The number of alkyl halides is 1. The second kappa shape index (κ2) is 8.05. The fourth-order valence-electron chi connectivity index (χ4n) is 0.655. The zero-order valence-corrected chi connectivity index (χ0v) is 7.39. The molecule has 0 saturated heterocycles. The molecule has 0 aliphatic heterocycles. The van der Waals surface area contributed by atoms with Crippen molar-refractivity contribution in [3.63, 3.8) is 0 Å². The van der Waals surface area contributed by atoms with Gasteiger partial charge in [0.15, 0.2) is 0 Å². The molecule has 1 atom stereocenters. The molecule has 66 valence electrons. The van der Waals surface area contributed by atoms with Crippen LogP contribution in [0.3, 0.4) is 0 Å². The van der Waals surface area contributed by atoms with Crippen LogP contribution in [0, 0.1) is 0 Å². The monoisotopic (exact) mass is 178 g/mol. The van der Waals surface area contributed by atoms with E-state index in [0.29, 0.717) is 6.61 Å². The highest BCUT2D eigenvalue weighted by atomic mass is 35.5. The van der Waals surface area contributed by atoms with E-state index in [0.717, 1.165) is 19.3 Å². The molecule has 0 amide bonds. The molecule has 0 heterocycles. The normalized spacial score (nSPS) is 12.9. The zero-order valence-electron chi connectivity index (χ0n) is 6.63. The van der Waals surface area contributed by atoms with Crippen molar-refractivity contribution in [3.05, 3.63) is 12.7 Å². The van der Waals surface area contributed by atoms with E-state index in [1.54, 1.807) is 6.08 Å². The molecular weight excluding hydrogens is 164 g/mol. The molecule has 0 spiro atoms. The third kappa shape index (κ3) is 7.85. The van der Waals surface area contributed by atoms with Crippen molar-refractivity contribution in [1.82, 2.24) is 0 Å². The van der Waals surface area contributed by atoms with Gasteiger partial charge in [-0.3, -0.25) is 0 Å². The molecule has 0 aliphatic carbocycles. The molecule has 0 rings (SSSR count). The second-order valence-electron chi connectivity index (χ2n) is 2.24. The van der Waals surface area contributed by atoms with Gasteiger partial charge in [0, 0.05) is 13.2 Å². The van der Waals surface area contributed by atoms with Crippen molar-refractivity contribution in [2.45, 2.75) is 24.8 Å². The summed E-state index contributed by atoms with van der Waals surface area (Å²) in [4.78, 5) is 0. The minimum absolute atomic E-state index is 0.256. The summed E-state index contributed by atoms with van der Waals surface area (Å²) in [6.07, 6.45) is 4.31. The van der Waals surface area contributed by atoms with Crippen LogP contribution in [0.1, 0.15) is 19.3 Å². The number of aliphatic hydroxyl groups is 1. The molecule has 1 N–H and O–H groups in total. The molecule has 2 nitrogen and oxygen atoms in total. The van der Waals surface area contributed by atoms with Crippen molar-refractivity contribution >= 4 is 11.6 Å². The van der Waals surface area contributed by atoms with Crippen LogP contribution in [0.5, 0.6) is 0 Å². The van der Waals surface area contributed by atoms with E-state index in [1.165, 1.54) is 0 Å². The molecule has 0 aromatic rings. The van der Waals surface area contributed by atoms with Crippen LogP contribution in [0.2, 0.25) is 0 Å². The standard InChI is InChI=1S/C8H15ClO2/c1-2-8(9)11-7-5-3-4-6-10/h2,8,10H,1,3-7H2. The fraction of sp³-hybridized carbons (Fsp3) is 0.750. The van der Waals surface area contributed by atoms with Crippen molar-refractivity contribution < 1.29 is 9.84 Å². The van der Waals surface area contributed by atoms with E-state index < -0.39 is 0 Å². The van der Waals surface area contributed by atoms with E-state index in [9.17, 15) is 0 Å². The van der Waals surface area contributed by atoms with Gasteiger partial charge >= 0.3 is 0 Å². The van der Waals surface area contributed by atoms with Gasteiger partial charge in [-0.15, -0.1) is 0 Å². The lowest BCUT2D eigenvalue weighted by Gasteiger charge is -2.04. The lowest BCUT2D eigenvalue weighted by molar-refractivity contribution is 0.130. The summed E-state index contributed by atoms with van der Waals surface area (Å²) in [5.74, 6) is 0. The number of hydrogen-bond acceptors (Lipinski definition) is 2. The Morgan fingerprint density at radius 2 is 2.18 bits per heavy atom. The van der Waals surface area contributed by atoms with Gasteiger partial charge in [-0.1, -0.05) is 18.2 Å². The maximum atomic E-state index is 8.44. The summed E-state index contributed by atoms with van der Waals surface area (Å²) in [7, 11) is 0. The Kier molecular flexibility index (Phi) is 8.01. The maximum absolute atomic E-state index is 8.44. The predicted molar refractivity (Wildman–Crippen MR) is 46.7 cm³/mol. The summed E-state index contributed by atoms with van der Waals surface area (Å²) in [5, 5.41) is 8.44. The Labute approximate surface area is 72.8 Å². The van der Waals surface area contributed by atoms with Gasteiger partial charge in [0.05, 0.1) is 0 Å². The molecule has 0 aromatic carbocycles. The number of rotatable bonds is 7. The number of hydrogen-bond donors (Lipinski definition) is 1. The van der Waals surface area contributed by atoms with Crippen molar-refractivity contribution in [2.75, 3.05) is 13.2 Å². The number of unbranched alkanes of at least 4 members (excludes halogenated alkanes) is 2. The summed E-state index contributed by atoms with van der Waals surface area (Å²) in [5.41, 5.74) is -0.371. The van der Waals surface area contributed by atoms with Crippen LogP contribution in [0.15, 0.2) is 12.7 Å². The van der Waals surface area contributed by atoms with E-state index in [4.69, 9.17) is 21.4 Å². The summed E-state index contributed by atoms with van der Waals surface area (Å²) < 4.78 is 5.10. The van der Waals surface area contributed by atoms with Gasteiger partial charge in [-0.25, -0.2) is 0 Å². The van der Waals surface area contributed by atoms with Gasteiger partial charge in [0.1, 0.15) is 5.56 Å². The molecule has 0 saturated carbocycles. The highest BCUT2D eigenvalue weighted by Gasteiger charge is 1.96. The van der Waals surface area contributed by atoms with E-state index in [2.05, 4.69) is 6.58 Å². The van der Waals surface area contributed by atoms with Gasteiger partial charge in [-0.05, 0) is 25.3 Å². The Balaban J connectivity index is 2.95.